The van der Waals surface area contributed by atoms with Gasteiger partial charge in [0.15, 0.2) is 0 Å². The van der Waals surface area contributed by atoms with Gasteiger partial charge >= 0.3 is 5.97 Å². The fraction of sp³-hybridized carbons (Fsp3) is 0.722. The summed E-state index contributed by atoms with van der Waals surface area (Å²) >= 11 is 4.07. The molecule has 0 aromatic carbocycles. The highest BCUT2D eigenvalue weighted by atomic mass is 32.1. The average Bonchev–Trinajstić information content (AvgIpc) is 3.25. The molecule has 0 saturated carbocycles. The molecule has 1 rings (SSSR count). The van der Waals surface area contributed by atoms with Gasteiger partial charge < -0.3 is 37.8 Å². The molecule has 1 saturated heterocycles. The summed E-state index contributed by atoms with van der Waals surface area (Å²) in [4.78, 5) is 60.2. The number of nitrogens with two attached hydrogens (primary N) is 2. The largest absolute Gasteiger partial charge is 0.480 e. The Hall–Kier alpha value is -2.38. The first kappa shape index (κ1) is 26.7. The maximum absolute atomic E-state index is 12.6. The number of thiol groups is 1. The summed E-state index contributed by atoms with van der Waals surface area (Å²) in [5, 5.41) is 19.5. The van der Waals surface area contributed by atoms with E-state index >= 15 is 0 Å². The van der Waals surface area contributed by atoms with Crippen LogP contribution in [0, 0.1) is 0 Å². The number of aliphatic carboxylic acids is 1. The molecule has 13 heteroatoms. The molecule has 0 bridgehead atoms. The highest BCUT2D eigenvalue weighted by Gasteiger charge is 2.31. The van der Waals surface area contributed by atoms with Crippen LogP contribution in [0.1, 0.15) is 38.5 Å². The summed E-state index contributed by atoms with van der Waals surface area (Å²) in [6, 6.07) is -4.07. The second kappa shape index (κ2) is 13.8. The Morgan fingerprint density at radius 3 is 2.19 bits per heavy atom. The molecule has 0 aliphatic carbocycles. The minimum Gasteiger partial charge on any atom is -0.480 e. The van der Waals surface area contributed by atoms with Crippen molar-refractivity contribution in [2.24, 2.45) is 11.5 Å². The molecular weight excluding hydrogens is 428 g/mol. The lowest BCUT2D eigenvalue weighted by Crippen LogP contribution is -2.58. The number of carbonyl (C=O) groups is 5. The van der Waals surface area contributed by atoms with E-state index in [4.69, 9.17) is 11.5 Å². The number of hydrogen-bond donors (Lipinski definition) is 8. The van der Waals surface area contributed by atoms with Gasteiger partial charge in [-0.2, -0.15) is 12.6 Å². The Balaban J connectivity index is 2.77. The van der Waals surface area contributed by atoms with Crippen LogP contribution in [-0.2, 0) is 24.0 Å². The quantitative estimate of drug-likeness (QED) is 0.100. The monoisotopic (exact) mass is 460 g/mol. The molecule has 4 amide bonds. The minimum atomic E-state index is -1.40. The highest BCUT2D eigenvalue weighted by molar-refractivity contribution is 7.80. The van der Waals surface area contributed by atoms with Gasteiger partial charge in [-0.15, -0.1) is 0 Å². The summed E-state index contributed by atoms with van der Waals surface area (Å²) in [5.41, 5.74) is 10.6. The van der Waals surface area contributed by atoms with Crippen LogP contribution >= 0.6 is 12.6 Å². The highest BCUT2D eigenvalue weighted by Crippen LogP contribution is 2.06. The van der Waals surface area contributed by atoms with Gasteiger partial charge in [-0.05, 0) is 45.2 Å². The van der Waals surface area contributed by atoms with E-state index in [9.17, 15) is 29.1 Å². The van der Waals surface area contributed by atoms with Crippen molar-refractivity contribution in [1.82, 2.24) is 21.3 Å². The predicted molar refractivity (Wildman–Crippen MR) is 115 cm³/mol. The molecule has 0 radical (unpaired) electrons. The van der Waals surface area contributed by atoms with Gasteiger partial charge in [-0.1, -0.05) is 0 Å². The van der Waals surface area contributed by atoms with E-state index in [0.29, 0.717) is 32.4 Å². The molecule has 31 heavy (non-hydrogen) atoms. The first-order chi connectivity index (χ1) is 14.7. The molecule has 9 N–H and O–H groups in total. The first-order valence-electron chi connectivity index (χ1n) is 10.2. The molecule has 1 aliphatic heterocycles. The Morgan fingerprint density at radius 1 is 1.03 bits per heavy atom. The topological polar surface area (TPSA) is 206 Å². The maximum atomic E-state index is 12.6. The van der Waals surface area contributed by atoms with Crippen LogP contribution in [-0.4, -0.2) is 77.7 Å². The van der Waals surface area contributed by atoms with Gasteiger partial charge in [0.05, 0.1) is 12.5 Å². The Morgan fingerprint density at radius 2 is 1.68 bits per heavy atom. The fourth-order valence-corrected chi connectivity index (χ4v) is 3.34. The fourth-order valence-electron chi connectivity index (χ4n) is 3.08. The van der Waals surface area contributed by atoms with Crippen molar-refractivity contribution in [2.45, 2.75) is 62.7 Å². The van der Waals surface area contributed by atoms with Crippen LogP contribution < -0.4 is 32.7 Å². The van der Waals surface area contributed by atoms with Gasteiger partial charge in [0.25, 0.3) is 0 Å². The van der Waals surface area contributed by atoms with Crippen LogP contribution in [0.15, 0.2) is 0 Å². The standard InChI is InChI=1S/C18H32N6O6S/c19-6-2-1-4-11(18(29)30)22-16(27)12(8-14(20)25)23-17(28)13(9-31)24-15(26)10-5-3-7-21-10/h10-13,21,31H,1-9,19H2,(H2,20,25)(H,22,27)(H,23,28)(H,24,26)(H,29,30). The van der Waals surface area contributed by atoms with E-state index in [1.165, 1.54) is 0 Å². The Labute approximate surface area is 186 Å². The van der Waals surface area contributed by atoms with E-state index in [0.717, 1.165) is 6.42 Å². The second-order valence-corrected chi connectivity index (χ2v) is 7.67. The normalized spacial score (nSPS) is 18.5. The van der Waals surface area contributed by atoms with Crippen molar-refractivity contribution in [2.75, 3.05) is 18.8 Å². The number of nitrogens with one attached hydrogen (secondary N) is 4. The van der Waals surface area contributed by atoms with Crippen LogP contribution in [0.5, 0.6) is 0 Å². The predicted octanol–water partition coefficient (Wildman–Crippen LogP) is -2.79. The molecule has 1 heterocycles. The van der Waals surface area contributed by atoms with E-state index in [2.05, 4.69) is 33.9 Å². The van der Waals surface area contributed by atoms with Crippen LogP contribution in [0.4, 0.5) is 0 Å². The smallest absolute Gasteiger partial charge is 0.326 e. The van der Waals surface area contributed by atoms with Gasteiger partial charge in [0.1, 0.15) is 18.1 Å². The third-order valence-electron chi connectivity index (χ3n) is 4.79. The van der Waals surface area contributed by atoms with E-state index < -0.39 is 54.3 Å². The first-order valence-corrected chi connectivity index (χ1v) is 10.8. The molecule has 4 atom stereocenters. The lowest BCUT2D eigenvalue weighted by molar-refractivity contribution is -0.142. The summed E-state index contributed by atoms with van der Waals surface area (Å²) in [7, 11) is 0. The molecule has 12 nitrogen and oxygen atoms in total. The second-order valence-electron chi connectivity index (χ2n) is 7.31. The van der Waals surface area contributed by atoms with Gasteiger partial charge in [-0.3, -0.25) is 19.2 Å². The van der Waals surface area contributed by atoms with E-state index in [1.54, 1.807) is 0 Å². The maximum Gasteiger partial charge on any atom is 0.326 e. The Kier molecular flexibility index (Phi) is 11.9. The van der Waals surface area contributed by atoms with Crippen molar-refractivity contribution in [3.63, 3.8) is 0 Å². The molecule has 0 aromatic heterocycles. The lowest BCUT2D eigenvalue weighted by atomic mass is 10.1. The number of hydrogen-bond acceptors (Lipinski definition) is 8. The number of unbranched alkanes of at least 4 members (excludes halogenated alkanes) is 1. The summed E-state index contributed by atoms with van der Waals surface area (Å²) in [6.45, 7) is 1.08. The summed E-state index contributed by atoms with van der Waals surface area (Å²) in [5.74, 6) is -4.14. The van der Waals surface area contributed by atoms with Crippen molar-refractivity contribution >= 4 is 42.2 Å². The minimum absolute atomic E-state index is 0.0496. The number of primary amides is 1. The third-order valence-corrected chi connectivity index (χ3v) is 5.16. The van der Waals surface area contributed by atoms with E-state index in [1.807, 2.05) is 0 Å². The molecule has 1 fully saturated rings. The number of carboxylic acid groups (broad SMARTS) is 1. The molecule has 0 spiro atoms. The van der Waals surface area contributed by atoms with Crippen molar-refractivity contribution in [1.29, 1.82) is 0 Å². The number of rotatable bonds is 14. The van der Waals surface area contributed by atoms with Crippen molar-refractivity contribution < 1.29 is 29.1 Å². The van der Waals surface area contributed by atoms with Crippen molar-refractivity contribution in [3.8, 4) is 0 Å². The average molecular weight is 461 g/mol. The third kappa shape index (κ3) is 9.53. The molecule has 0 aromatic rings. The van der Waals surface area contributed by atoms with Crippen molar-refractivity contribution in [3.05, 3.63) is 0 Å². The number of amides is 4. The van der Waals surface area contributed by atoms with E-state index in [-0.39, 0.29) is 18.1 Å². The number of carboxylic acids is 1. The van der Waals surface area contributed by atoms with Crippen LogP contribution in [0.25, 0.3) is 0 Å². The molecule has 1 aliphatic rings. The molecule has 176 valence electrons. The zero-order valence-corrected chi connectivity index (χ0v) is 18.2. The van der Waals surface area contributed by atoms with Gasteiger partial charge in [-0.25, -0.2) is 4.79 Å². The summed E-state index contributed by atoms with van der Waals surface area (Å²) < 4.78 is 0. The van der Waals surface area contributed by atoms with Gasteiger partial charge in [0.2, 0.25) is 23.6 Å². The number of carbonyl (C=O) groups excluding carboxylic acids is 4. The summed E-state index contributed by atoms with van der Waals surface area (Å²) in [6.07, 6.45) is 2.14. The SMILES string of the molecule is NCCCCC(NC(=O)C(CC(N)=O)NC(=O)C(CS)NC(=O)C1CCCN1)C(=O)O. The Bertz CT molecular complexity index is 657. The van der Waals surface area contributed by atoms with Crippen LogP contribution in [0.2, 0.25) is 0 Å². The van der Waals surface area contributed by atoms with Gasteiger partial charge in [0, 0.05) is 5.75 Å². The molecular formula is C18H32N6O6S. The van der Waals surface area contributed by atoms with Crippen LogP contribution in [0.3, 0.4) is 0 Å². The lowest BCUT2D eigenvalue weighted by Gasteiger charge is -2.24. The molecule has 4 unspecified atom stereocenters. The zero-order chi connectivity index (χ0) is 23.4. The zero-order valence-electron chi connectivity index (χ0n) is 17.3.